The van der Waals surface area contributed by atoms with Crippen molar-refractivity contribution in [3.8, 4) is 6.01 Å². The quantitative estimate of drug-likeness (QED) is 0.882. The van der Waals surface area contributed by atoms with Gasteiger partial charge < -0.3 is 15.0 Å². The molecule has 0 bridgehead atoms. The largest absolute Gasteiger partial charge is 0.464 e. The summed E-state index contributed by atoms with van der Waals surface area (Å²) in [6.45, 7) is 4.89. The minimum Gasteiger partial charge on any atom is -0.464 e. The van der Waals surface area contributed by atoms with Crippen LogP contribution in [-0.2, 0) is 0 Å². The second kappa shape index (κ2) is 6.83. The molecule has 21 heavy (non-hydrogen) atoms. The summed E-state index contributed by atoms with van der Waals surface area (Å²) < 4.78 is 19.2. The molecule has 0 saturated heterocycles. The lowest BCUT2D eigenvalue weighted by Crippen LogP contribution is -2.17. The van der Waals surface area contributed by atoms with Gasteiger partial charge >= 0.3 is 6.01 Å². The van der Waals surface area contributed by atoms with Crippen molar-refractivity contribution in [3.63, 3.8) is 0 Å². The number of anilines is 3. The van der Waals surface area contributed by atoms with Crippen LogP contribution in [0.3, 0.4) is 0 Å². The highest BCUT2D eigenvalue weighted by molar-refractivity contribution is 5.57. The van der Waals surface area contributed by atoms with E-state index in [0.717, 1.165) is 0 Å². The van der Waals surface area contributed by atoms with Gasteiger partial charge in [-0.3, -0.25) is 0 Å². The van der Waals surface area contributed by atoms with Gasteiger partial charge in [-0.05, 0) is 26.0 Å². The zero-order valence-corrected chi connectivity index (χ0v) is 12.3. The summed E-state index contributed by atoms with van der Waals surface area (Å²) in [5.74, 6) is 0.368. The molecule has 1 aromatic heterocycles. The monoisotopic (exact) mass is 291 g/mol. The first-order chi connectivity index (χ1) is 10.2. The molecule has 0 radical (unpaired) electrons. The molecule has 0 atom stereocenters. The van der Waals surface area contributed by atoms with Crippen molar-refractivity contribution in [2.24, 2.45) is 0 Å². The van der Waals surface area contributed by atoms with Crippen molar-refractivity contribution in [2.45, 2.75) is 13.8 Å². The molecule has 0 amide bonds. The number of aromatic nitrogens is 3. The second-order valence-electron chi connectivity index (χ2n) is 4.22. The molecule has 1 heterocycles. The van der Waals surface area contributed by atoms with Crippen LogP contribution < -0.4 is 15.0 Å². The van der Waals surface area contributed by atoms with Crippen molar-refractivity contribution in [3.05, 3.63) is 30.1 Å². The number of hydrogen-bond donors (Lipinski definition) is 1. The van der Waals surface area contributed by atoms with Crippen molar-refractivity contribution < 1.29 is 9.13 Å². The van der Waals surface area contributed by atoms with Crippen LogP contribution in [0.25, 0.3) is 0 Å². The SMILES string of the molecule is CCNc1nc(OCC)nc(N(C)c2ccccc2F)n1. The molecular formula is C14H18FN5O. The number of para-hydroxylation sites is 1. The summed E-state index contributed by atoms with van der Waals surface area (Å²) in [6.07, 6.45) is 0. The Kier molecular flexibility index (Phi) is 4.86. The molecule has 1 aromatic carbocycles. The maximum absolute atomic E-state index is 13.9. The summed E-state index contributed by atoms with van der Waals surface area (Å²) in [6, 6.07) is 6.65. The molecule has 6 nitrogen and oxygen atoms in total. The molecule has 0 unspecified atom stereocenters. The smallest absolute Gasteiger partial charge is 0.323 e. The van der Waals surface area contributed by atoms with Crippen LogP contribution in [0.2, 0.25) is 0 Å². The topological polar surface area (TPSA) is 63.2 Å². The number of hydrogen-bond acceptors (Lipinski definition) is 6. The highest BCUT2D eigenvalue weighted by Gasteiger charge is 2.15. The summed E-state index contributed by atoms with van der Waals surface area (Å²) >= 11 is 0. The highest BCUT2D eigenvalue weighted by Crippen LogP contribution is 2.24. The molecule has 0 aliphatic rings. The fourth-order valence-corrected chi connectivity index (χ4v) is 1.76. The van der Waals surface area contributed by atoms with Gasteiger partial charge in [-0.2, -0.15) is 15.0 Å². The van der Waals surface area contributed by atoms with E-state index in [9.17, 15) is 4.39 Å². The first-order valence-electron chi connectivity index (χ1n) is 6.76. The van der Waals surface area contributed by atoms with Crippen molar-refractivity contribution in [1.82, 2.24) is 15.0 Å². The Bertz CT molecular complexity index is 583. The first-order valence-corrected chi connectivity index (χ1v) is 6.76. The summed E-state index contributed by atoms with van der Waals surface area (Å²) in [7, 11) is 1.69. The van der Waals surface area contributed by atoms with Gasteiger partial charge in [-0.25, -0.2) is 4.39 Å². The summed E-state index contributed by atoms with van der Waals surface area (Å²) in [5, 5.41) is 3.01. The van der Waals surface area contributed by atoms with E-state index in [-0.39, 0.29) is 11.8 Å². The minimum atomic E-state index is -0.344. The van der Waals surface area contributed by atoms with E-state index in [1.807, 2.05) is 13.8 Å². The third-order valence-corrected chi connectivity index (χ3v) is 2.73. The van der Waals surface area contributed by atoms with Crippen LogP contribution >= 0.6 is 0 Å². The predicted octanol–water partition coefficient (Wildman–Crippen LogP) is 2.61. The third kappa shape index (κ3) is 3.56. The number of ether oxygens (including phenoxy) is 1. The van der Waals surface area contributed by atoms with Gasteiger partial charge in [0.1, 0.15) is 5.82 Å². The Labute approximate surface area is 123 Å². The van der Waals surface area contributed by atoms with Gasteiger partial charge in [0.2, 0.25) is 11.9 Å². The zero-order chi connectivity index (χ0) is 15.2. The van der Waals surface area contributed by atoms with Crippen LogP contribution in [0, 0.1) is 5.82 Å². The number of halogens is 1. The van der Waals surface area contributed by atoms with E-state index in [2.05, 4.69) is 20.3 Å². The van der Waals surface area contributed by atoms with Crippen molar-refractivity contribution in [1.29, 1.82) is 0 Å². The Morgan fingerprint density at radius 3 is 2.62 bits per heavy atom. The molecule has 112 valence electrons. The Morgan fingerprint density at radius 1 is 1.19 bits per heavy atom. The standard InChI is InChI=1S/C14H18FN5O/c1-4-16-12-17-13(19-14(18-12)21-5-2)20(3)11-9-7-6-8-10(11)15/h6-9H,4-5H2,1-3H3,(H,16,17,18,19). The molecule has 0 saturated carbocycles. The van der Waals surface area contributed by atoms with Crippen LogP contribution in [0.1, 0.15) is 13.8 Å². The van der Waals surface area contributed by atoms with E-state index in [4.69, 9.17) is 4.74 Å². The van der Waals surface area contributed by atoms with Crippen LogP contribution in [0.5, 0.6) is 6.01 Å². The number of nitrogens with one attached hydrogen (secondary N) is 1. The van der Waals surface area contributed by atoms with Gasteiger partial charge in [0.05, 0.1) is 12.3 Å². The Balaban J connectivity index is 2.39. The summed E-state index contributed by atoms with van der Waals surface area (Å²) in [4.78, 5) is 14.2. The van der Waals surface area contributed by atoms with E-state index in [1.54, 1.807) is 30.1 Å². The van der Waals surface area contributed by atoms with Crippen LogP contribution in [0.15, 0.2) is 24.3 Å². The van der Waals surface area contributed by atoms with E-state index in [0.29, 0.717) is 30.7 Å². The van der Waals surface area contributed by atoms with Crippen molar-refractivity contribution >= 4 is 17.6 Å². The van der Waals surface area contributed by atoms with Gasteiger partial charge in [0.25, 0.3) is 0 Å². The van der Waals surface area contributed by atoms with Crippen LogP contribution in [0.4, 0.5) is 22.0 Å². The first kappa shape index (κ1) is 15.0. The molecule has 2 aromatic rings. The predicted molar refractivity (Wildman–Crippen MR) is 79.6 cm³/mol. The molecule has 0 aliphatic heterocycles. The van der Waals surface area contributed by atoms with Crippen LogP contribution in [-0.4, -0.2) is 35.2 Å². The van der Waals surface area contributed by atoms with Gasteiger partial charge in [0.15, 0.2) is 0 Å². The fourth-order valence-electron chi connectivity index (χ4n) is 1.76. The molecule has 0 aliphatic carbocycles. The van der Waals surface area contributed by atoms with Gasteiger partial charge in [0, 0.05) is 13.6 Å². The average Bonchev–Trinajstić information content (AvgIpc) is 2.47. The zero-order valence-electron chi connectivity index (χ0n) is 12.3. The van der Waals surface area contributed by atoms with Gasteiger partial charge in [-0.15, -0.1) is 0 Å². The van der Waals surface area contributed by atoms with E-state index in [1.165, 1.54) is 6.07 Å². The number of rotatable bonds is 6. The minimum absolute atomic E-state index is 0.210. The summed E-state index contributed by atoms with van der Waals surface area (Å²) in [5.41, 5.74) is 0.383. The average molecular weight is 291 g/mol. The number of benzene rings is 1. The van der Waals surface area contributed by atoms with Gasteiger partial charge in [-0.1, -0.05) is 12.1 Å². The lowest BCUT2D eigenvalue weighted by molar-refractivity contribution is 0.312. The lowest BCUT2D eigenvalue weighted by Gasteiger charge is -2.18. The highest BCUT2D eigenvalue weighted by atomic mass is 19.1. The molecule has 0 spiro atoms. The molecule has 1 N–H and O–H groups in total. The van der Waals surface area contributed by atoms with E-state index < -0.39 is 0 Å². The Morgan fingerprint density at radius 2 is 1.95 bits per heavy atom. The van der Waals surface area contributed by atoms with E-state index >= 15 is 0 Å². The second-order valence-corrected chi connectivity index (χ2v) is 4.22. The van der Waals surface area contributed by atoms with Crippen molar-refractivity contribution in [2.75, 3.05) is 30.4 Å². The molecule has 7 heteroatoms. The third-order valence-electron chi connectivity index (χ3n) is 2.73. The molecule has 0 fully saturated rings. The molecular weight excluding hydrogens is 273 g/mol. The molecule has 2 rings (SSSR count). The maximum Gasteiger partial charge on any atom is 0.323 e. The lowest BCUT2D eigenvalue weighted by atomic mass is 10.3. The Hall–Kier alpha value is -2.44. The fraction of sp³-hybridized carbons (Fsp3) is 0.357. The number of nitrogens with zero attached hydrogens (tertiary/aromatic N) is 4. The normalized spacial score (nSPS) is 10.3. The maximum atomic E-state index is 13.9.